The van der Waals surface area contributed by atoms with E-state index in [0.29, 0.717) is 35.5 Å². The van der Waals surface area contributed by atoms with E-state index < -0.39 is 17.7 Å². The fourth-order valence-electron chi connectivity index (χ4n) is 5.06. The van der Waals surface area contributed by atoms with Gasteiger partial charge in [0.2, 0.25) is 0 Å². The number of urea groups is 2. The first kappa shape index (κ1) is 23.7. The van der Waals surface area contributed by atoms with E-state index in [-0.39, 0.29) is 35.7 Å². The fraction of sp³-hybridized carbons (Fsp3) is 0.296. The molecule has 2 aromatic carbocycles. The number of amides is 4. The molecule has 2 fully saturated rings. The fourth-order valence-corrected chi connectivity index (χ4v) is 5.06. The molecule has 9 heteroatoms. The van der Waals surface area contributed by atoms with Crippen molar-refractivity contribution in [1.29, 1.82) is 0 Å². The number of nitrogens with zero attached hydrogens (tertiary/aromatic N) is 2. The number of carbonyl (C=O) groups is 2. The predicted molar refractivity (Wildman–Crippen MR) is 132 cm³/mol. The molecule has 36 heavy (non-hydrogen) atoms. The summed E-state index contributed by atoms with van der Waals surface area (Å²) >= 11 is 0. The lowest BCUT2D eigenvalue weighted by molar-refractivity contribution is -0.0289. The molecule has 1 aliphatic carbocycles. The summed E-state index contributed by atoms with van der Waals surface area (Å²) in [7, 11) is 0. The molecular weight excluding hydrogens is 464 g/mol. The molecule has 0 radical (unpaired) electrons. The molecule has 3 aromatic rings. The van der Waals surface area contributed by atoms with Crippen LogP contribution in [-0.4, -0.2) is 35.0 Å². The van der Waals surface area contributed by atoms with Crippen molar-refractivity contribution in [2.45, 2.75) is 32.2 Å². The van der Waals surface area contributed by atoms with Crippen LogP contribution in [0.15, 0.2) is 54.7 Å². The molecule has 5 rings (SSSR count). The maximum absolute atomic E-state index is 16.0. The van der Waals surface area contributed by atoms with E-state index in [9.17, 15) is 14.0 Å². The molecule has 186 valence electrons. The highest BCUT2D eigenvalue weighted by Gasteiger charge is 2.49. The van der Waals surface area contributed by atoms with Crippen LogP contribution in [0.5, 0.6) is 0 Å². The van der Waals surface area contributed by atoms with Gasteiger partial charge in [-0.3, -0.25) is 4.98 Å². The largest absolute Gasteiger partial charge is 0.352 e. The number of carbonyl (C=O) groups excluding carboxylic acids is 2. The second kappa shape index (κ2) is 9.56. The number of aromatic nitrogens is 1. The molecule has 4 N–H and O–H groups in total. The number of hydrogen-bond donors (Lipinski definition) is 3. The monoisotopic (exact) mass is 491 g/mol. The van der Waals surface area contributed by atoms with Gasteiger partial charge in [-0.15, -0.1) is 0 Å². The van der Waals surface area contributed by atoms with Crippen molar-refractivity contribution < 1.29 is 18.4 Å². The van der Waals surface area contributed by atoms with Crippen LogP contribution in [-0.2, 0) is 13.0 Å². The normalized spacial score (nSPS) is 15.7. The van der Waals surface area contributed by atoms with E-state index in [1.54, 1.807) is 47.5 Å². The second-order valence-electron chi connectivity index (χ2n) is 9.58. The minimum Gasteiger partial charge on any atom is -0.352 e. The molecular formula is C27H27F2N5O2. The summed E-state index contributed by atoms with van der Waals surface area (Å²) in [5.41, 5.74) is 7.57. The molecule has 4 amide bonds. The minimum absolute atomic E-state index is 0.0327. The summed E-state index contributed by atoms with van der Waals surface area (Å²) in [5.74, 6) is -1.09. The minimum atomic E-state index is -0.711. The van der Waals surface area contributed by atoms with Gasteiger partial charge in [-0.25, -0.2) is 18.4 Å². The average molecular weight is 492 g/mol. The number of nitrogens with two attached hydrogens (primary N) is 1. The van der Waals surface area contributed by atoms with Gasteiger partial charge >= 0.3 is 12.1 Å². The lowest BCUT2D eigenvalue weighted by Gasteiger charge is -2.55. The van der Waals surface area contributed by atoms with E-state index in [2.05, 4.69) is 15.6 Å². The van der Waals surface area contributed by atoms with Crippen molar-refractivity contribution in [3.8, 4) is 11.1 Å². The topological polar surface area (TPSA) is 100 Å². The summed E-state index contributed by atoms with van der Waals surface area (Å²) in [6, 6.07) is 11.8. The maximum atomic E-state index is 16.0. The van der Waals surface area contributed by atoms with Gasteiger partial charge in [0, 0.05) is 42.2 Å². The molecule has 0 atom stereocenters. The SMILES string of the molecule is NC(=O)NCc1ncccc1-c1ccc(NC(=O)N2CC3(CCC3)C2)c(F)c1Cc1ccccc1F. The van der Waals surface area contributed by atoms with Gasteiger partial charge in [-0.2, -0.15) is 0 Å². The third-order valence-corrected chi connectivity index (χ3v) is 7.17. The number of likely N-dealkylation sites (tertiary alicyclic amines) is 1. The predicted octanol–water partition coefficient (Wildman–Crippen LogP) is 4.80. The van der Waals surface area contributed by atoms with Crippen molar-refractivity contribution in [2.75, 3.05) is 18.4 Å². The summed E-state index contributed by atoms with van der Waals surface area (Å²) in [4.78, 5) is 30.0. The van der Waals surface area contributed by atoms with E-state index >= 15 is 4.39 Å². The quantitative estimate of drug-likeness (QED) is 0.462. The zero-order valence-corrected chi connectivity index (χ0v) is 19.7. The van der Waals surface area contributed by atoms with Crippen molar-refractivity contribution in [1.82, 2.24) is 15.2 Å². The number of anilines is 1. The Bertz CT molecular complexity index is 1320. The molecule has 0 unspecified atom stereocenters. The van der Waals surface area contributed by atoms with Crippen molar-refractivity contribution >= 4 is 17.7 Å². The van der Waals surface area contributed by atoms with Crippen molar-refractivity contribution in [3.63, 3.8) is 0 Å². The Morgan fingerprint density at radius 1 is 1.03 bits per heavy atom. The highest BCUT2D eigenvalue weighted by molar-refractivity contribution is 5.91. The summed E-state index contributed by atoms with van der Waals surface area (Å²) in [6.07, 6.45) is 4.97. The van der Waals surface area contributed by atoms with Crippen LogP contribution < -0.4 is 16.4 Å². The van der Waals surface area contributed by atoms with Crippen molar-refractivity contribution in [2.24, 2.45) is 11.1 Å². The van der Waals surface area contributed by atoms with Crippen LogP contribution in [0.2, 0.25) is 0 Å². The lowest BCUT2D eigenvalue weighted by atomic mass is 9.64. The number of nitrogens with one attached hydrogen (secondary N) is 2. The Hall–Kier alpha value is -4.01. The van der Waals surface area contributed by atoms with E-state index in [1.165, 1.54) is 18.6 Å². The Morgan fingerprint density at radius 2 is 1.81 bits per heavy atom. The third kappa shape index (κ3) is 4.60. The first-order valence-corrected chi connectivity index (χ1v) is 11.9. The number of primary amides is 1. The molecule has 1 aromatic heterocycles. The van der Waals surface area contributed by atoms with Gasteiger partial charge < -0.3 is 21.3 Å². The van der Waals surface area contributed by atoms with Crippen LogP contribution in [0, 0.1) is 17.0 Å². The first-order chi connectivity index (χ1) is 17.3. The van der Waals surface area contributed by atoms with Crippen LogP contribution in [0.25, 0.3) is 11.1 Å². The zero-order chi connectivity index (χ0) is 25.3. The number of rotatable bonds is 6. The van der Waals surface area contributed by atoms with Crippen LogP contribution in [0.1, 0.15) is 36.1 Å². The maximum Gasteiger partial charge on any atom is 0.321 e. The van der Waals surface area contributed by atoms with Crippen LogP contribution in [0.4, 0.5) is 24.1 Å². The van der Waals surface area contributed by atoms with Crippen LogP contribution in [0.3, 0.4) is 0 Å². The van der Waals surface area contributed by atoms with Gasteiger partial charge in [-0.05, 0) is 42.2 Å². The molecule has 2 heterocycles. The second-order valence-corrected chi connectivity index (χ2v) is 9.58. The van der Waals surface area contributed by atoms with Crippen LogP contribution >= 0.6 is 0 Å². The Morgan fingerprint density at radius 3 is 2.50 bits per heavy atom. The molecule has 1 saturated carbocycles. The van der Waals surface area contributed by atoms with Crippen molar-refractivity contribution in [3.05, 3.63) is 83.2 Å². The smallest absolute Gasteiger partial charge is 0.321 e. The van der Waals surface area contributed by atoms with E-state index in [4.69, 9.17) is 5.73 Å². The standard InChI is InChI=1S/C27H27F2N5O2/c28-21-7-2-1-5-17(21)13-20-18(19-6-3-12-31-23(19)14-32-25(30)35)8-9-22(24(20)29)33-26(36)34-15-27(16-34)10-4-11-27/h1-3,5-9,12H,4,10-11,13-16H2,(H,33,36)(H3,30,32,35). The van der Waals surface area contributed by atoms with Gasteiger partial charge in [0.1, 0.15) is 5.82 Å². The Labute approximate surface area is 207 Å². The highest BCUT2D eigenvalue weighted by atomic mass is 19.1. The summed E-state index contributed by atoms with van der Waals surface area (Å²) < 4.78 is 30.5. The third-order valence-electron chi connectivity index (χ3n) is 7.17. The molecule has 7 nitrogen and oxygen atoms in total. The van der Waals surface area contributed by atoms with E-state index in [1.807, 2.05) is 0 Å². The van der Waals surface area contributed by atoms with Gasteiger partial charge in [0.15, 0.2) is 5.82 Å². The number of benzene rings is 2. The highest BCUT2D eigenvalue weighted by Crippen LogP contribution is 2.48. The number of pyridine rings is 1. The average Bonchev–Trinajstić information content (AvgIpc) is 2.80. The zero-order valence-electron chi connectivity index (χ0n) is 19.7. The lowest BCUT2D eigenvalue weighted by Crippen LogP contribution is -2.62. The molecule has 0 bridgehead atoms. The molecule has 1 spiro atoms. The van der Waals surface area contributed by atoms with Gasteiger partial charge in [0.25, 0.3) is 0 Å². The Balaban J connectivity index is 1.49. The summed E-state index contributed by atoms with van der Waals surface area (Å²) in [5, 5.41) is 5.21. The van der Waals surface area contributed by atoms with E-state index in [0.717, 1.165) is 12.8 Å². The number of hydrogen-bond acceptors (Lipinski definition) is 3. The molecule has 2 aliphatic rings. The molecule has 1 saturated heterocycles. The Kier molecular flexibility index (Phi) is 6.30. The van der Waals surface area contributed by atoms with Gasteiger partial charge in [-0.1, -0.05) is 36.8 Å². The summed E-state index contributed by atoms with van der Waals surface area (Å²) in [6.45, 7) is 1.42. The number of halogens is 2. The molecule has 1 aliphatic heterocycles. The van der Waals surface area contributed by atoms with Gasteiger partial charge in [0.05, 0.1) is 17.9 Å². The first-order valence-electron chi connectivity index (χ1n) is 11.9.